The Morgan fingerprint density at radius 3 is 0.785 bits per heavy atom. The van der Waals surface area contributed by atoms with Crippen LogP contribution in [-0.4, -0.2) is 0 Å². The second-order valence-electron chi connectivity index (χ2n) is 17.9. The van der Waals surface area contributed by atoms with Gasteiger partial charge in [0.05, 0.1) is 0 Å². The van der Waals surface area contributed by atoms with E-state index in [1.54, 1.807) is 0 Å². The van der Waals surface area contributed by atoms with Crippen LogP contribution in [0.15, 0.2) is 223 Å². The van der Waals surface area contributed by atoms with Gasteiger partial charge >= 0.3 is 0 Å². The van der Waals surface area contributed by atoms with Crippen molar-refractivity contribution in [1.82, 2.24) is 0 Å². The van der Waals surface area contributed by atoms with Crippen LogP contribution in [0.25, 0.3) is 152 Å². The molecule has 1 aromatic heterocycles. The molecule has 0 aliphatic rings. The van der Waals surface area contributed by atoms with E-state index in [1.165, 1.54) is 130 Å². The van der Waals surface area contributed by atoms with E-state index in [1.807, 2.05) is 0 Å². The Hall–Kier alpha value is -8.52. The molecule has 0 aliphatic carbocycles. The molecule has 0 atom stereocenters. The largest absolute Gasteiger partial charge is 0.456 e. The van der Waals surface area contributed by atoms with Gasteiger partial charge in [-0.1, -0.05) is 182 Å². The summed E-state index contributed by atoms with van der Waals surface area (Å²) in [5.41, 5.74) is 6.53. The monoisotopic (exact) mass is 820 g/mol. The highest BCUT2D eigenvalue weighted by Gasteiger charge is 2.15. The van der Waals surface area contributed by atoms with E-state index in [-0.39, 0.29) is 0 Å². The molecule has 0 saturated carbocycles. The molecule has 0 spiro atoms. The van der Waals surface area contributed by atoms with Crippen molar-refractivity contribution < 1.29 is 4.42 Å². The van der Waals surface area contributed by atoms with Crippen molar-refractivity contribution in [3.8, 4) is 22.3 Å². The first-order chi connectivity index (χ1) is 32.2. The smallest absolute Gasteiger partial charge is 0.135 e. The highest BCUT2D eigenvalue weighted by molar-refractivity contribution is 6.27. The zero-order valence-electron chi connectivity index (χ0n) is 35.2. The van der Waals surface area contributed by atoms with Gasteiger partial charge in [-0.25, -0.2) is 0 Å². The normalized spacial score (nSPS) is 12.3. The lowest BCUT2D eigenvalue weighted by Gasteiger charge is -2.12. The minimum absolute atomic E-state index is 0.899. The maximum atomic E-state index is 6.48. The maximum Gasteiger partial charge on any atom is 0.135 e. The average molecular weight is 821 g/mol. The van der Waals surface area contributed by atoms with Gasteiger partial charge in [0.2, 0.25) is 0 Å². The van der Waals surface area contributed by atoms with E-state index in [0.717, 1.165) is 21.9 Å². The first-order valence-corrected chi connectivity index (χ1v) is 22.6. The Morgan fingerprint density at radius 1 is 0.169 bits per heavy atom. The molecular weight excluding hydrogens is 785 g/mol. The lowest BCUT2D eigenvalue weighted by atomic mass is 9.91. The van der Waals surface area contributed by atoms with Crippen LogP contribution in [0.5, 0.6) is 0 Å². The Morgan fingerprint density at radius 2 is 0.415 bits per heavy atom. The van der Waals surface area contributed by atoms with E-state index in [9.17, 15) is 0 Å². The van der Waals surface area contributed by atoms with Gasteiger partial charge in [0.25, 0.3) is 0 Å². The van der Waals surface area contributed by atoms with Crippen LogP contribution >= 0.6 is 0 Å². The average Bonchev–Trinajstić information content (AvgIpc) is 3.74. The Kier molecular flexibility index (Phi) is 7.01. The summed E-state index contributed by atoms with van der Waals surface area (Å²) in [6.45, 7) is 0. The first kappa shape index (κ1) is 35.0. The lowest BCUT2D eigenvalue weighted by molar-refractivity contribution is 0.669. The minimum atomic E-state index is 0.899. The number of benzene rings is 14. The number of furan rings is 1. The van der Waals surface area contributed by atoms with Gasteiger partial charge in [0.15, 0.2) is 0 Å². The van der Waals surface area contributed by atoms with Gasteiger partial charge in [0.1, 0.15) is 11.2 Å². The number of rotatable bonds is 2. The Bertz CT molecular complexity index is 4290. The standard InChI is InChI=1S/C64H36O/c1-3-7-45-37(5-1)13-19-49-47(45)23-25-55-51-21-15-39-9-11-41(33-59(39)57(51)29-27-53(49)55)43-17-31-63-61(35-43)62-36-44(18-32-64(62)65-63)42-12-10-40-16-22-52-56-26-24-48-46-8-4-2-6-38(46)14-20-50(48)54(56)28-30-58(52)60(40)34-42/h1-36H. The van der Waals surface area contributed by atoms with E-state index in [2.05, 4.69) is 218 Å². The summed E-state index contributed by atoms with van der Waals surface area (Å²) in [4.78, 5) is 0. The molecule has 1 heteroatoms. The van der Waals surface area contributed by atoms with Crippen molar-refractivity contribution in [2.75, 3.05) is 0 Å². The molecule has 298 valence electrons. The predicted octanol–water partition coefficient (Wildman–Crippen LogP) is 18.5. The molecule has 1 heterocycles. The van der Waals surface area contributed by atoms with Gasteiger partial charge in [-0.15, -0.1) is 0 Å². The van der Waals surface area contributed by atoms with E-state index in [0.29, 0.717) is 0 Å². The molecular formula is C64H36O. The van der Waals surface area contributed by atoms with Gasteiger partial charge < -0.3 is 4.42 Å². The van der Waals surface area contributed by atoms with Crippen LogP contribution in [0.4, 0.5) is 0 Å². The fourth-order valence-electron chi connectivity index (χ4n) is 11.4. The fraction of sp³-hybridized carbons (Fsp3) is 0. The van der Waals surface area contributed by atoms with Gasteiger partial charge in [-0.05, 0) is 166 Å². The third-order valence-corrected chi connectivity index (χ3v) is 14.6. The molecule has 14 aromatic carbocycles. The van der Waals surface area contributed by atoms with E-state index in [4.69, 9.17) is 4.42 Å². The van der Waals surface area contributed by atoms with Crippen molar-refractivity contribution in [2.24, 2.45) is 0 Å². The van der Waals surface area contributed by atoms with Crippen LogP contribution < -0.4 is 0 Å². The van der Waals surface area contributed by atoms with Crippen molar-refractivity contribution >= 4 is 130 Å². The molecule has 0 saturated heterocycles. The molecule has 0 amide bonds. The van der Waals surface area contributed by atoms with Crippen LogP contribution in [0, 0.1) is 0 Å². The summed E-state index contributed by atoms with van der Waals surface area (Å²) >= 11 is 0. The summed E-state index contributed by atoms with van der Waals surface area (Å²) in [7, 11) is 0. The van der Waals surface area contributed by atoms with Gasteiger partial charge in [0, 0.05) is 10.8 Å². The summed E-state index contributed by atoms with van der Waals surface area (Å²) in [6, 6.07) is 81.3. The summed E-state index contributed by atoms with van der Waals surface area (Å²) < 4.78 is 6.48. The summed E-state index contributed by atoms with van der Waals surface area (Å²) in [6.07, 6.45) is 0. The Labute approximate surface area is 373 Å². The third kappa shape index (κ3) is 5.04. The molecule has 0 fully saturated rings. The van der Waals surface area contributed by atoms with E-state index >= 15 is 0 Å². The summed E-state index contributed by atoms with van der Waals surface area (Å²) in [5.74, 6) is 0. The zero-order chi connectivity index (χ0) is 42.3. The zero-order valence-corrected chi connectivity index (χ0v) is 35.2. The third-order valence-electron chi connectivity index (χ3n) is 14.6. The first-order valence-electron chi connectivity index (χ1n) is 22.6. The van der Waals surface area contributed by atoms with Crippen molar-refractivity contribution in [2.45, 2.75) is 0 Å². The van der Waals surface area contributed by atoms with Gasteiger partial charge in [-0.2, -0.15) is 0 Å². The number of fused-ring (bicyclic) bond motifs is 21. The SMILES string of the molecule is c1ccc2c(c1)ccc1c2ccc2c3ccc4ccc(-c5ccc6oc7ccc(-c8ccc9ccc%10c(ccc%11c%12ccc%13ccccc%13c%12ccc%10%11)c9c8)cc7c6c5)cc4c3ccc12. The van der Waals surface area contributed by atoms with Crippen LogP contribution in [0.1, 0.15) is 0 Å². The van der Waals surface area contributed by atoms with Crippen LogP contribution in [-0.2, 0) is 0 Å². The molecule has 15 rings (SSSR count). The summed E-state index contributed by atoms with van der Waals surface area (Å²) in [5, 5.41) is 27.9. The maximum absolute atomic E-state index is 6.48. The highest BCUT2D eigenvalue weighted by Crippen LogP contribution is 2.42. The van der Waals surface area contributed by atoms with Gasteiger partial charge in [-0.3, -0.25) is 0 Å². The second kappa shape index (κ2) is 13.0. The number of hydrogen-bond acceptors (Lipinski definition) is 1. The topological polar surface area (TPSA) is 13.1 Å². The fourth-order valence-corrected chi connectivity index (χ4v) is 11.4. The molecule has 15 aromatic rings. The molecule has 0 unspecified atom stereocenters. The quantitative estimate of drug-likeness (QED) is 0.158. The molecule has 65 heavy (non-hydrogen) atoms. The molecule has 0 N–H and O–H groups in total. The second-order valence-corrected chi connectivity index (χ2v) is 17.9. The molecule has 1 nitrogen and oxygen atoms in total. The van der Waals surface area contributed by atoms with Crippen molar-refractivity contribution in [1.29, 1.82) is 0 Å². The minimum Gasteiger partial charge on any atom is -0.456 e. The number of hydrogen-bond donors (Lipinski definition) is 0. The van der Waals surface area contributed by atoms with Crippen molar-refractivity contribution in [3.05, 3.63) is 218 Å². The molecule has 0 aliphatic heterocycles. The molecule has 0 radical (unpaired) electrons. The Balaban J connectivity index is 0.835. The van der Waals surface area contributed by atoms with Crippen LogP contribution in [0.3, 0.4) is 0 Å². The highest BCUT2D eigenvalue weighted by atomic mass is 16.3. The predicted molar refractivity (Wildman–Crippen MR) is 280 cm³/mol. The molecule has 0 bridgehead atoms. The lowest BCUT2D eigenvalue weighted by Crippen LogP contribution is -1.85. The van der Waals surface area contributed by atoms with E-state index < -0.39 is 0 Å². The van der Waals surface area contributed by atoms with Crippen LogP contribution in [0.2, 0.25) is 0 Å². The van der Waals surface area contributed by atoms with Crippen molar-refractivity contribution in [3.63, 3.8) is 0 Å².